The Morgan fingerprint density at radius 1 is 1.16 bits per heavy atom. The third-order valence-electron chi connectivity index (χ3n) is 4.61. The van der Waals surface area contributed by atoms with Gasteiger partial charge in [0.05, 0.1) is 10.6 Å². The number of nitrogens with zero attached hydrogens (tertiary/aromatic N) is 4. The summed E-state index contributed by atoms with van der Waals surface area (Å²) in [5.74, 6) is -1.10. The number of carbonyl (C=O) groups excluding carboxylic acids is 2. The molecule has 0 radical (unpaired) electrons. The van der Waals surface area contributed by atoms with Crippen molar-refractivity contribution in [3.8, 4) is 11.4 Å². The van der Waals surface area contributed by atoms with Crippen molar-refractivity contribution >= 4 is 39.5 Å². The van der Waals surface area contributed by atoms with Crippen molar-refractivity contribution in [3.05, 3.63) is 75.3 Å². The lowest BCUT2D eigenvalue weighted by molar-refractivity contribution is -0.384. The average molecular weight is 450 g/mol. The van der Waals surface area contributed by atoms with Crippen LogP contribution in [0.5, 0.6) is 0 Å². The monoisotopic (exact) mass is 450 g/mol. The fourth-order valence-corrected chi connectivity index (χ4v) is 3.93. The summed E-state index contributed by atoms with van der Waals surface area (Å²) in [7, 11) is 0. The summed E-state index contributed by atoms with van der Waals surface area (Å²) in [5, 5.41) is 22.2. The van der Waals surface area contributed by atoms with Gasteiger partial charge in [-0.2, -0.15) is 4.98 Å². The van der Waals surface area contributed by atoms with Crippen LogP contribution in [0.2, 0.25) is 0 Å². The quantitative estimate of drug-likeness (QED) is 0.264. The number of hydrogen-bond acceptors (Lipinski definition) is 7. The molecule has 162 valence electrons. The third-order valence-corrected chi connectivity index (χ3v) is 5.48. The molecule has 0 aliphatic rings. The molecule has 0 atom stereocenters. The second kappa shape index (κ2) is 8.94. The first kappa shape index (κ1) is 21.1. The highest BCUT2D eigenvalue weighted by atomic mass is 32.1. The van der Waals surface area contributed by atoms with Crippen molar-refractivity contribution in [2.24, 2.45) is 0 Å². The fourth-order valence-electron chi connectivity index (χ4n) is 3.07. The summed E-state index contributed by atoms with van der Waals surface area (Å²) < 4.78 is 1.73. The van der Waals surface area contributed by atoms with Gasteiger partial charge in [0.15, 0.2) is 5.82 Å². The number of thiazole rings is 1. The summed E-state index contributed by atoms with van der Waals surface area (Å²) in [6, 6.07) is 13.3. The highest BCUT2D eigenvalue weighted by Gasteiger charge is 2.16. The molecule has 0 fully saturated rings. The van der Waals surface area contributed by atoms with Crippen LogP contribution in [-0.2, 0) is 16.0 Å². The van der Waals surface area contributed by atoms with Crippen LogP contribution in [0.25, 0.3) is 16.3 Å². The molecule has 10 nitrogen and oxygen atoms in total. The minimum Gasteiger partial charge on any atom is -0.347 e. The average Bonchev–Trinajstić information content (AvgIpc) is 3.35. The SMILES string of the molecule is Cc1cccc(-c2nc3scc(CCNC(=O)C(=O)Nc4cccc([N+](=O)[O-])c4)n3n2)c1. The van der Waals surface area contributed by atoms with Crippen molar-refractivity contribution in [2.75, 3.05) is 11.9 Å². The number of carbonyl (C=O) groups is 2. The van der Waals surface area contributed by atoms with E-state index in [1.165, 1.54) is 35.6 Å². The maximum atomic E-state index is 12.1. The molecule has 2 aromatic carbocycles. The Labute approximate surface area is 186 Å². The molecule has 2 N–H and O–H groups in total. The van der Waals surface area contributed by atoms with Crippen molar-refractivity contribution in [3.63, 3.8) is 0 Å². The molecule has 0 saturated carbocycles. The smallest absolute Gasteiger partial charge is 0.313 e. The number of rotatable bonds is 6. The molecule has 0 aliphatic carbocycles. The van der Waals surface area contributed by atoms with Crippen LogP contribution in [0.15, 0.2) is 53.9 Å². The first-order valence-corrected chi connectivity index (χ1v) is 10.5. The minimum absolute atomic E-state index is 0.171. The van der Waals surface area contributed by atoms with Crippen LogP contribution in [0.3, 0.4) is 0 Å². The number of hydrogen-bond donors (Lipinski definition) is 2. The number of nitro groups is 1. The van der Waals surface area contributed by atoms with Crippen LogP contribution in [-0.4, -0.2) is 37.9 Å². The van der Waals surface area contributed by atoms with E-state index in [0.717, 1.165) is 21.8 Å². The molecule has 2 heterocycles. The minimum atomic E-state index is -0.900. The summed E-state index contributed by atoms with van der Waals surface area (Å²) in [6.07, 6.45) is 0.451. The van der Waals surface area contributed by atoms with Crippen molar-refractivity contribution in [1.29, 1.82) is 0 Å². The van der Waals surface area contributed by atoms with Gasteiger partial charge >= 0.3 is 11.8 Å². The molecule has 0 unspecified atom stereocenters. The Hall–Kier alpha value is -4.12. The van der Waals surface area contributed by atoms with E-state index in [1.807, 2.05) is 36.6 Å². The molecule has 0 spiro atoms. The Kier molecular flexibility index (Phi) is 5.90. The molecule has 0 aliphatic heterocycles. The van der Waals surface area contributed by atoms with Gasteiger partial charge in [-0.25, -0.2) is 4.52 Å². The normalized spacial score (nSPS) is 10.8. The summed E-state index contributed by atoms with van der Waals surface area (Å²) in [5.41, 5.74) is 2.90. The number of nitro benzene ring substituents is 1. The van der Waals surface area contributed by atoms with Crippen molar-refractivity contribution in [1.82, 2.24) is 19.9 Å². The molecule has 4 aromatic rings. The van der Waals surface area contributed by atoms with Gasteiger partial charge in [0.1, 0.15) is 0 Å². The van der Waals surface area contributed by atoms with Crippen molar-refractivity contribution < 1.29 is 14.5 Å². The molecular weight excluding hydrogens is 432 g/mol. The van der Waals surface area contributed by atoms with Crippen LogP contribution < -0.4 is 10.6 Å². The van der Waals surface area contributed by atoms with Gasteiger partial charge in [0, 0.05) is 41.7 Å². The number of aryl methyl sites for hydroxylation is 1. The predicted octanol–water partition coefficient (Wildman–Crippen LogP) is 2.97. The fraction of sp³-hybridized carbons (Fsp3) is 0.143. The van der Waals surface area contributed by atoms with E-state index < -0.39 is 16.7 Å². The van der Waals surface area contributed by atoms with Gasteiger partial charge in [-0.3, -0.25) is 19.7 Å². The lowest BCUT2D eigenvalue weighted by Crippen LogP contribution is -2.36. The van der Waals surface area contributed by atoms with Gasteiger partial charge in [0.2, 0.25) is 4.96 Å². The number of nitrogens with one attached hydrogen (secondary N) is 2. The maximum absolute atomic E-state index is 12.1. The van der Waals surface area contributed by atoms with E-state index in [2.05, 4.69) is 20.7 Å². The zero-order chi connectivity index (χ0) is 22.7. The van der Waals surface area contributed by atoms with E-state index in [-0.39, 0.29) is 17.9 Å². The molecule has 11 heteroatoms. The van der Waals surface area contributed by atoms with Crippen LogP contribution >= 0.6 is 11.3 Å². The number of benzene rings is 2. The van der Waals surface area contributed by atoms with E-state index >= 15 is 0 Å². The molecule has 32 heavy (non-hydrogen) atoms. The number of non-ortho nitro benzene ring substituents is 1. The maximum Gasteiger partial charge on any atom is 0.313 e. The lowest BCUT2D eigenvalue weighted by Gasteiger charge is -2.06. The van der Waals surface area contributed by atoms with Crippen LogP contribution in [0.4, 0.5) is 11.4 Å². The van der Waals surface area contributed by atoms with Gasteiger partial charge in [-0.1, -0.05) is 29.8 Å². The molecular formula is C21H18N6O4S. The molecule has 0 bridgehead atoms. The lowest BCUT2D eigenvalue weighted by atomic mass is 10.1. The standard InChI is InChI=1S/C21H18N6O4S/c1-13-4-2-5-14(10-13)18-24-21-26(25-18)17(12-32-21)8-9-22-19(28)20(29)23-15-6-3-7-16(11-15)27(30)31/h2-7,10-12H,8-9H2,1H3,(H,22,28)(H,23,29). The zero-order valence-corrected chi connectivity index (χ0v) is 17.8. The number of aromatic nitrogens is 3. The second-order valence-corrected chi connectivity index (χ2v) is 7.83. The molecule has 0 saturated heterocycles. The predicted molar refractivity (Wildman–Crippen MR) is 119 cm³/mol. The van der Waals surface area contributed by atoms with Gasteiger partial charge in [0.25, 0.3) is 5.69 Å². The first-order valence-electron chi connectivity index (χ1n) is 9.64. The van der Waals surface area contributed by atoms with E-state index in [4.69, 9.17) is 0 Å². The van der Waals surface area contributed by atoms with Gasteiger partial charge in [-0.15, -0.1) is 16.4 Å². The topological polar surface area (TPSA) is 132 Å². The zero-order valence-electron chi connectivity index (χ0n) is 16.9. The molecule has 2 amide bonds. The first-order chi connectivity index (χ1) is 15.4. The number of anilines is 1. The highest BCUT2D eigenvalue weighted by molar-refractivity contribution is 7.15. The molecule has 4 rings (SSSR count). The van der Waals surface area contributed by atoms with Crippen LogP contribution in [0, 0.1) is 17.0 Å². The second-order valence-electron chi connectivity index (χ2n) is 6.99. The largest absolute Gasteiger partial charge is 0.347 e. The Balaban J connectivity index is 1.35. The molecule has 2 aromatic heterocycles. The van der Waals surface area contributed by atoms with E-state index in [0.29, 0.717) is 12.2 Å². The third kappa shape index (κ3) is 4.62. The number of amides is 2. The van der Waals surface area contributed by atoms with Crippen molar-refractivity contribution in [2.45, 2.75) is 13.3 Å². The van der Waals surface area contributed by atoms with E-state index in [1.54, 1.807) is 4.52 Å². The van der Waals surface area contributed by atoms with E-state index in [9.17, 15) is 19.7 Å². The summed E-state index contributed by atoms with van der Waals surface area (Å²) in [6.45, 7) is 2.22. The van der Waals surface area contributed by atoms with Gasteiger partial charge < -0.3 is 10.6 Å². The Morgan fingerprint density at radius 2 is 1.97 bits per heavy atom. The Bertz CT molecular complexity index is 1330. The van der Waals surface area contributed by atoms with Crippen LogP contribution in [0.1, 0.15) is 11.3 Å². The highest BCUT2D eigenvalue weighted by Crippen LogP contribution is 2.22. The Morgan fingerprint density at radius 3 is 2.75 bits per heavy atom. The van der Waals surface area contributed by atoms with Gasteiger partial charge in [-0.05, 0) is 19.1 Å². The number of fused-ring (bicyclic) bond motifs is 1. The summed E-state index contributed by atoms with van der Waals surface area (Å²) >= 11 is 1.45. The summed E-state index contributed by atoms with van der Waals surface area (Å²) in [4.78, 5) is 39.7.